The molecule has 1 rings (SSSR count). The number of nitrogens with two attached hydrogens (primary N) is 1. The van der Waals surface area contributed by atoms with Gasteiger partial charge in [-0.05, 0) is 0 Å². The van der Waals surface area contributed by atoms with Crippen LogP contribution in [0.1, 0.15) is 17.5 Å². The summed E-state index contributed by atoms with van der Waals surface area (Å²) in [4.78, 5) is 3.72. The molecule has 1 unspecified atom stereocenters. The van der Waals surface area contributed by atoms with Crippen LogP contribution in [0.2, 0.25) is 0 Å². The molecule has 0 saturated heterocycles. The Morgan fingerprint density at radius 2 is 2.43 bits per heavy atom. The fourth-order valence-electron chi connectivity index (χ4n) is 0.877. The van der Waals surface area contributed by atoms with Crippen LogP contribution in [0, 0.1) is 17.1 Å². The maximum atomic E-state index is 13.1. The van der Waals surface area contributed by atoms with Crippen LogP contribution in [0.3, 0.4) is 0 Å². The molecule has 0 radical (unpaired) electrons. The third-order valence-electron chi connectivity index (χ3n) is 1.62. The maximum Gasteiger partial charge on any atom is 0.166 e. The van der Waals surface area contributed by atoms with Crippen molar-refractivity contribution in [1.82, 2.24) is 4.98 Å². The van der Waals surface area contributed by atoms with Gasteiger partial charge in [0.2, 0.25) is 0 Å². The maximum absolute atomic E-state index is 13.1. The number of aromatic nitrogens is 1. The first-order chi connectivity index (χ1) is 6.60. The number of hydrogen-bond donors (Lipinski definition) is 2. The van der Waals surface area contributed by atoms with E-state index in [-0.39, 0.29) is 22.4 Å². The number of anilines is 1. The van der Waals surface area contributed by atoms with Gasteiger partial charge in [-0.25, -0.2) is 9.37 Å². The van der Waals surface area contributed by atoms with Gasteiger partial charge in [0.25, 0.3) is 0 Å². The highest BCUT2D eigenvalue weighted by Gasteiger charge is 2.14. The number of nitrogen functional groups attached to an aromatic ring is 1. The van der Waals surface area contributed by atoms with Crippen molar-refractivity contribution in [2.75, 3.05) is 11.1 Å². The van der Waals surface area contributed by atoms with E-state index in [0.29, 0.717) is 0 Å². The Balaban J connectivity index is 3.24. The van der Waals surface area contributed by atoms with Gasteiger partial charge < -0.3 is 10.8 Å². The number of nitriles is 1. The summed E-state index contributed by atoms with van der Waals surface area (Å²) in [7, 11) is 0. The van der Waals surface area contributed by atoms with E-state index in [1.54, 1.807) is 6.07 Å². The molecule has 0 saturated carbocycles. The number of alkyl halides is 1. The Morgan fingerprint density at radius 1 is 1.79 bits per heavy atom. The molecule has 74 valence electrons. The van der Waals surface area contributed by atoms with Crippen LogP contribution in [0.15, 0.2) is 6.07 Å². The molecule has 0 aliphatic heterocycles. The summed E-state index contributed by atoms with van der Waals surface area (Å²) >= 11 is 3.01. The fraction of sp³-hybridized carbons (Fsp3) is 0.250. The van der Waals surface area contributed by atoms with Gasteiger partial charge >= 0.3 is 0 Å². The van der Waals surface area contributed by atoms with Gasteiger partial charge in [0, 0.05) is 11.4 Å². The molecule has 14 heavy (non-hydrogen) atoms. The van der Waals surface area contributed by atoms with Crippen LogP contribution in [-0.2, 0) is 0 Å². The lowest BCUT2D eigenvalue weighted by Gasteiger charge is -2.07. The lowest BCUT2D eigenvalue weighted by Crippen LogP contribution is -2.07. The Morgan fingerprint density at radius 3 is 2.93 bits per heavy atom. The molecule has 0 aliphatic rings. The second-order valence-corrected chi connectivity index (χ2v) is 3.22. The highest BCUT2D eigenvalue weighted by atomic mass is 79.9. The van der Waals surface area contributed by atoms with Crippen LogP contribution in [0.25, 0.3) is 0 Å². The minimum absolute atomic E-state index is 0.0881. The number of aliphatic hydroxyl groups is 1. The normalized spacial score (nSPS) is 12.1. The van der Waals surface area contributed by atoms with E-state index in [1.165, 1.54) is 0 Å². The van der Waals surface area contributed by atoms with Crippen molar-refractivity contribution in [3.63, 3.8) is 0 Å². The van der Waals surface area contributed by atoms with E-state index in [9.17, 15) is 9.50 Å². The second-order valence-electron chi connectivity index (χ2n) is 2.57. The summed E-state index contributed by atoms with van der Waals surface area (Å²) in [5, 5.41) is 18.1. The van der Waals surface area contributed by atoms with E-state index < -0.39 is 11.9 Å². The Bertz CT molecular complexity index is 391. The van der Waals surface area contributed by atoms with E-state index in [1.807, 2.05) is 0 Å². The molecule has 3 N–H and O–H groups in total. The van der Waals surface area contributed by atoms with Gasteiger partial charge in [-0.2, -0.15) is 5.26 Å². The van der Waals surface area contributed by atoms with E-state index in [0.717, 1.165) is 6.07 Å². The third kappa shape index (κ3) is 2.00. The standard InChI is InChI=1S/C8H7BrFN3O/c9-2-7(14)5-1-4(10)8(12)6(3-11)13-5/h1,7,14H,2,12H2. The van der Waals surface area contributed by atoms with Crippen LogP contribution >= 0.6 is 15.9 Å². The molecule has 4 nitrogen and oxygen atoms in total. The molecule has 0 aliphatic carbocycles. The van der Waals surface area contributed by atoms with Crippen molar-refractivity contribution >= 4 is 21.6 Å². The summed E-state index contributed by atoms with van der Waals surface area (Å²) in [6, 6.07) is 2.67. The zero-order valence-electron chi connectivity index (χ0n) is 7.04. The molecule has 1 heterocycles. The number of hydrogen-bond acceptors (Lipinski definition) is 4. The number of nitrogens with zero attached hydrogens (tertiary/aromatic N) is 2. The molecular weight excluding hydrogens is 253 g/mol. The van der Waals surface area contributed by atoms with Crippen molar-refractivity contribution in [1.29, 1.82) is 5.26 Å². The van der Waals surface area contributed by atoms with Crippen LogP contribution in [-0.4, -0.2) is 15.4 Å². The van der Waals surface area contributed by atoms with E-state index in [2.05, 4.69) is 20.9 Å². The monoisotopic (exact) mass is 259 g/mol. The summed E-state index contributed by atoms with van der Waals surface area (Å²) in [6.07, 6.45) is -0.947. The topological polar surface area (TPSA) is 82.9 Å². The summed E-state index contributed by atoms with van der Waals surface area (Å²) < 4.78 is 13.1. The van der Waals surface area contributed by atoms with Crippen molar-refractivity contribution in [3.05, 3.63) is 23.3 Å². The van der Waals surface area contributed by atoms with Gasteiger partial charge in [0.1, 0.15) is 17.9 Å². The quantitative estimate of drug-likeness (QED) is 0.780. The molecule has 1 aromatic rings. The van der Waals surface area contributed by atoms with Crippen molar-refractivity contribution in [2.24, 2.45) is 0 Å². The predicted octanol–water partition coefficient (Wildman–Crippen LogP) is 1.10. The fourth-order valence-corrected chi connectivity index (χ4v) is 1.21. The minimum atomic E-state index is -0.947. The van der Waals surface area contributed by atoms with Crippen LogP contribution in [0.5, 0.6) is 0 Å². The molecule has 6 heteroatoms. The number of aliphatic hydroxyl groups excluding tert-OH is 1. The van der Waals surface area contributed by atoms with Gasteiger partial charge in [-0.15, -0.1) is 0 Å². The summed E-state index contributed by atoms with van der Waals surface area (Å²) in [6.45, 7) is 0. The molecule has 0 bridgehead atoms. The molecule has 0 fully saturated rings. The number of halogens is 2. The van der Waals surface area contributed by atoms with Crippen molar-refractivity contribution < 1.29 is 9.50 Å². The van der Waals surface area contributed by atoms with E-state index in [4.69, 9.17) is 11.0 Å². The van der Waals surface area contributed by atoms with Crippen molar-refractivity contribution in [2.45, 2.75) is 6.10 Å². The first kappa shape index (κ1) is 10.9. The first-order valence-corrected chi connectivity index (χ1v) is 4.82. The molecule has 1 aromatic heterocycles. The molecule has 0 amide bonds. The van der Waals surface area contributed by atoms with Crippen molar-refractivity contribution in [3.8, 4) is 6.07 Å². The average molecular weight is 260 g/mol. The molecular formula is C8H7BrFN3O. The lowest BCUT2D eigenvalue weighted by atomic mass is 10.2. The zero-order chi connectivity index (χ0) is 10.7. The molecule has 0 aromatic carbocycles. The van der Waals surface area contributed by atoms with Gasteiger partial charge in [-0.3, -0.25) is 0 Å². The largest absolute Gasteiger partial charge is 0.394 e. The summed E-state index contributed by atoms with van der Waals surface area (Å²) in [5.74, 6) is -0.744. The zero-order valence-corrected chi connectivity index (χ0v) is 8.62. The Kier molecular flexibility index (Phi) is 3.38. The minimum Gasteiger partial charge on any atom is -0.394 e. The Hall–Kier alpha value is -1.19. The highest BCUT2D eigenvalue weighted by Crippen LogP contribution is 2.19. The smallest absolute Gasteiger partial charge is 0.166 e. The first-order valence-electron chi connectivity index (χ1n) is 3.70. The highest BCUT2D eigenvalue weighted by molar-refractivity contribution is 9.09. The Labute approximate surface area is 88.3 Å². The van der Waals surface area contributed by atoms with Crippen LogP contribution < -0.4 is 5.73 Å². The second kappa shape index (κ2) is 4.35. The molecule has 0 spiro atoms. The average Bonchev–Trinajstić information content (AvgIpc) is 2.20. The molecule has 1 atom stereocenters. The SMILES string of the molecule is N#Cc1nc(C(O)CBr)cc(F)c1N. The summed E-state index contributed by atoms with van der Waals surface area (Å²) in [5.41, 5.74) is 4.84. The van der Waals surface area contributed by atoms with Gasteiger partial charge in [0.05, 0.1) is 5.69 Å². The number of pyridine rings is 1. The van der Waals surface area contributed by atoms with Gasteiger partial charge in [0.15, 0.2) is 11.5 Å². The lowest BCUT2D eigenvalue weighted by molar-refractivity contribution is 0.200. The van der Waals surface area contributed by atoms with Gasteiger partial charge in [-0.1, -0.05) is 15.9 Å². The van der Waals surface area contributed by atoms with Crippen LogP contribution in [0.4, 0.5) is 10.1 Å². The number of rotatable bonds is 2. The third-order valence-corrected chi connectivity index (χ3v) is 2.23. The predicted molar refractivity (Wildman–Crippen MR) is 52.1 cm³/mol. The van der Waals surface area contributed by atoms with E-state index >= 15 is 0 Å².